The van der Waals surface area contributed by atoms with Crippen molar-refractivity contribution in [2.45, 2.75) is 38.6 Å². The van der Waals surface area contributed by atoms with E-state index in [0.29, 0.717) is 11.5 Å². The van der Waals surface area contributed by atoms with Crippen LogP contribution < -0.4 is 0 Å². The van der Waals surface area contributed by atoms with Crippen LogP contribution in [0.1, 0.15) is 41.4 Å². The number of benzene rings is 1. The Morgan fingerprint density at radius 3 is 2.85 bits per heavy atom. The van der Waals surface area contributed by atoms with E-state index in [9.17, 15) is 4.79 Å². The molecule has 1 amide bonds. The summed E-state index contributed by atoms with van der Waals surface area (Å²) in [5.74, 6) is 0.511. The molecule has 1 aliphatic carbocycles. The van der Waals surface area contributed by atoms with E-state index < -0.39 is 0 Å². The van der Waals surface area contributed by atoms with Gasteiger partial charge < -0.3 is 9.42 Å². The molecule has 0 radical (unpaired) electrons. The monoisotopic (exact) mass is 361 g/mol. The van der Waals surface area contributed by atoms with Crippen LogP contribution in [-0.2, 0) is 12.8 Å². The summed E-state index contributed by atoms with van der Waals surface area (Å²) in [6.45, 7) is 2.82. The molecule has 2 aromatic heterocycles. The lowest BCUT2D eigenvalue weighted by atomic mass is 9.87. The van der Waals surface area contributed by atoms with Crippen LogP contribution in [0, 0.1) is 0 Å². The highest BCUT2D eigenvalue weighted by Gasteiger charge is 2.29. The van der Waals surface area contributed by atoms with Crippen molar-refractivity contribution in [3.8, 4) is 11.3 Å². The van der Waals surface area contributed by atoms with Crippen LogP contribution >= 0.6 is 0 Å². The van der Waals surface area contributed by atoms with E-state index in [1.165, 1.54) is 11.1 Å². The Kier molecular flexibility index (Phi) is 5.01. The van der Waals surface area contributed by atoms with E-state index in [0.717, 1.165) is 37.8 Å². The Hall–Kier alpha value is -2.95. The quantitative estimate of drug-likeness (QED) is 0.685. The number of amides is 1. The molecule has 5 nitrogen and oxygen atoms in total. The summed E-state index contributed by atoms with van der Waals surface area (Å²) in [5, 5.41) is 4.04. The molecule has 2 heterocycles. The first kappa shape index (κ1) is 17.5. The molecule has 0 spiro atoms. The number of hydrogen-bond donors (Lipinski definition) is 0. The summed E-state index contributed by atoms with van der Waals surface area (Å²) < 4.78 is 5.41. The topological polar surface area (TPSA) is 59.2 Å². The summed E-state index contributed by atoms with van der Waals surface area (Å²) in [7, 11) is 0. The van der Waals surface area contributed by atoms with E-state index in [2.05, 4.69) is 41.3 Å². The highest BCUT2D eigenvalue weighted by atomic mass is 16.5. The van der Waals surface area contributed by atoms with Crippen LogP contribution in [0.3, 0.4) is 0 Å². The van der Waals surface area contributed by atoms with Gasteiger partial charge >= 0.3 is 0 Å². The molecule has 5 heteroatoms. The van der Waals surface area contributed by atoms with Crippen LogP contribution in [0.2, 0.25) is 0 Å². The second-order valence-electron chi connectivity index (χ2n) is 6.98. The number of nitrogens with zero attached hydrogens (tertiary/aromatic N) is 3. The molecule has 0 saturated heterocycles. The van der Waals surface area contributed by atoms with Crippen LogP contribution in [-0.4, -0.2) is 33.5 Å². The molecule has 27 heavy (non-hydrogen) atoms. The third-order valence-corrected chi connectivity index (χ3v) is 5.16. The third-order valence-electron chi connectivity index (χ3n) is 5.16. The van der Waals surface area contributed by atoms with Crippen LogP contribution in [0.5, 0.6) is 0 Å². The maximum Gasteiger partial charge on any atom is 0.276 e. The highest BCUT2D eigenvalue weighted by molar-refractivity contribution is 5.93. The molecule has 1 aromatic carbocycles. The predicted octanol–water partition coefficient (Wildman–Crippen LogP) is 4.15. The van der Waals surface area contributed by atoms with Crippen molar-refractivity contribution in [2.24, 2.45) is 0 Å². The zero-order chi connectivity index (χ0) is 18.6. The van der Waals surface area contributed by atoms with Crippen molar-refractivity contribution in [2.75, 3.05) is 6.54 Å². The molecular weight excluding hydrogens is 338 g/mol. The zero-order valence-corrected chi connectivity index (χ0v) is 15.5. The second-order valence-corrected chi connectivity index (χ2v) is 6.98. The normalized spacial score (nSPS) is 16.0. The Bertz CT molecular complexity index is 920. The lowest BCUT2D eigenvalue weighted by Gasteiger charge is -2.34. The van der Waals surface area contributed by atoms with Gasteiger partial charge in [0, 0.05) is 36.6 Å². The molecule has 0 fully saturated rings. The molecule has 0 aliphatic heterocycles. The fourth-order valence-corrected chi connectivity index (χ4v) is 3.80. The van der Waals surface area contributed by atoms with Gasteiger partial charge in [0.15, 0.2) is 11.5 Å². The molecule has 1 unspecified atom stereocenters. The standard InChI is InChI=1S/C22H23N3O2/c1-2-12-25(19-10-9-16-6-3-4-7-17(16)13-19)22(26)20-14-21(27-24-20)18-8-5-11-23-15-18/h3-8,11,14-15,19H,2,9-10,12-13H2,1H3. The van der Waals surface area contributed by atoms with Crippen molar-refractivity contribution in [1.82, 2.24) is 15.0 Å². The largest absolute Gasteiger partial charge is 0.355 e. The van der Waals surface area contributed by atoms with Gasteiger partial charge in [-0.2, -0.15) is 0 Å². The first-order valence-electron chi connectivity index (χ1n) is 9.51. The van der Waals surface area contributed by atoms with Crippen molar-refractivity contribution in [1.29, 1.82) is 0 Å². The highest BCUT2D eigenvalue weighted by Crippen LogP contribution is 2.26. The van der Waals surface area contributed by atoms with Crippen molar-refractivity contribution >= 4 is 5.91 Å². The number of carbonyl (C=O) groups excluding carboxylic acids is 1. The number of carbonyl (C=O) groups is 1. The average Bonchev–Trinajstić information content (AvgIpc) is 3.22. The summed E-state index contributed by atoms with van der Waals surface area (Å²) in [6.07, 6.45) is 7.21. The zero-order valence-electron chi connectivity index (χ0n) is 15.5. The van der Waals surface area contributed by atoms with Gasteiger partial charge in [0.1, 0.15) is 0 Å². The number of rotatable bonds is 5. The molecule has 1 atom stereocenters. The van der Waals surface area contributed by atoms with Gasteiger partial charge in [-0.25, -0.2) is 0 Å². The lowest BCUT2D eigenvalue weighted by Crippen LogP contribution is -2.44. The molecular formula is C22H23N3O2. The Labute approximate surface area is 159 Å². The summed E-state index contributed by atoms with van der Waals surface area (Å²) in [5.41, 5.74) is 3.93. The van der Waals surface area contributed by atoms with Gasteiger partial charge in [-0.05, 0) is 48.9 Å². The van der Waals surface area contributed by atoms with Gasteiger partial charge in [-0.15, -0.1) is 0 Å². The molecule has 1 aliphatic rings. The van der Waals surface area contributed by atoms with Crippen LogP contribution in [0.15, 0.2) is 59.4 Å². The molecule has 4 rings (SSSR count). The van der Waals surface area contributed by atoms with Crippen molar-refractivity contribution < 1.29 is 9.32 Å². The predicted molar refractivity (Wildman–Crippen MR) is 103 cm³/mol. The van der Waals surface area contributed by atoms with Gasteiger partial charge in [-0.3, -0.25) is 9.78 Å². The fourth-order valence-electron chi connectivity index (χ4n) is 3.80. The summed E-state index contributed by atoms with van der Waals surface area (Å²) >= 11 is 0. The Morgan fingerprint density at radius 2 is 2.07 bits per heavy atom. The first-order chi connectivity index (χ1) is 13.3. The first-order valence-corrected chi connectivity index (χ1v) is 9.51. The molecule has 0 N–H and O–H groups in total. The number of aromatic nitrogens is 2. The van der Waals surface area contributed by atoms with E-state index in [4.69, 9.17) is 4.52 Å². The minimum Gasteiger partial charge on any atom is -0.355 e. The van der Waals surface area contributed by atoms with E-state index >= 15 is 0 Å². The van der Waals surface area contributed by atoms with Crippen molar-refractivity contribution in [3.63, 3.8) is 0 Å². The molecule has 0 saturated carbocycles. The van der Waals surface area contributed by atoms with Crippen molar-refractivity contribution in [3.05, 3.63) is 71.7 Å². The van der Waals surface area contributed by atoms with Gasteiger partial charge in [-0.1, -0.05) is 36.3 Å². The molecule has 3 aromatic rings. The smallest absolute Gasteiger partial charge is 0.276 e. The van der Waals surface area contributed by atoms with E-state index in [1.54, 1.807) is 18.5 Å². The summed E-state index contributed by atoms with van der Waals surface area (Å²) in [4.78, 5) is 19.2. The Balaban J connectivity index is 1.56. The number of pyridine rings is 1. The number of fused-ring (bicyclic) bond motifs is 1. The van der Waals surface area contributed by atoms with E-state index in [1.807, 2.05) is 17.0 Å². The summed E-state index contributed by atoms with van der Waals surface area (Å²) in [6, 6.07) is 14.2. The fraction of sp³-hybridized carbons (Fsp3) is 0.318. The maximum absolute atomic E-state index is 13.2. The molecule has 0 bridgehead atoms. The number of hydrogen-bond acceptors (Lipinski definition) is 4. The van der Waals surface area contributed by atoms with Gasteiger partial charge in [0.2, 0.25) is 0 Å². The van der Waals surface area contributed by atoms with Gasteiger partial charge in [0.25, 0.3) is 5.91 Å². The second kappa shape index (κ2) is 7.74. The Morgan fingerprint density at radius 1 is 1.22 bits per heavy atom. The minimum absolute atomic E-state index is 0.0554. The average molecular weight is 361 g/mol. The van der Waals surface area contributed by atoms with Crippen LogP contribution in [0.25, 0.3) is 11.3 Å². The van der Waals surface area contributed by atoms with Gasteiger partial charge in [0.05, 0.1) is 0 Å². The molecule has 138 valence electrons. The third kappa shape index (κ3) is 3.63. The van der Waals surface area contributed by atoms with Crippen LogP contribution in [0.4, 0.5) is 0 Å². The minimum atomic E-state index is -0.0554. The lowest BCUT2D eigenvalue weighted by molar-refractivity contribution is 0.0651. The number of aryl methyl sites for hydroxylation is 1. The SMILES string of the molecule is CCCN(C(=O)c1cc(-c2cccnc2)on1)C1CCc2ccccc2C1. The van der Waals surface area contributed by atoms with E-state index in [-0.39, 0.29) is 11.9 Å². The maximum atomic E-state index is 13.2.